The smallest absolute Gasteiger partial charge is 0.231 e. The highest BCUT2D eigenvalue weighted by atomic mass is 35.5. The van der Waals surface area contributed by atoms with Crippen molar-refractivity contribution in [3.05, 3.63) is 53.3 Å². The fourth-order valence-corrected chi connectivity index (χ4v) is 2.88. The van der Waals surface area contributed by atoms with Crippen LogP contribution >= 0.6 is 11.6 Å². The molecule has 1 aliphatic rings. The van der Waals surface area contributed by atoms with Gasteiger partial charge in [-0.05, 0) is 30.7 Å². The van der Waals surface area contributed by atoms with Crippen molar-refractivity contribution in [1.29, 1.82) is 0 Å². The van der Waals surface area contributed by atoms with Crippen molar-refractivity contribution in [2.24, 2.45) is 5.92 Å². The van der Waals surface area contributed by atoms with Crippen LogP contribution in [-0.4, -0.2) is 21.5 Å². The summed E-state index contributed by atoms with van der Waals surface area (Å²) >= 11 is 5.88. The number of anilines is 1. The van der Waals surface area contributed by atoms with E-state index in [1.165, 1.54) is 6.07 Å². The molecule has 1 fully saturated rings. The van der Waals surface area contributed by atoms with Gasteiger partial charge in [0.15, 0.2) is 17.5 Å². The van der Waals surface area contributed by atoms with Crippen molar-refractivity contribution >= 4 is 29.0 Å². The molecule has 1 saturated carbocycles. The monoisotopic (exact) mass is 365 g/mol. The number of nitrogens with one attached hydrogen (secondary N) is 1. The first-order valence-corrected chi connectivity index (χ1v) is 7.89. The van der Waals surface area contributed by atoms with Gasteiger partial charge < -0.3 is 9.72 Å². The lowest BCUT2D eigenvalue weighted by Gasteiger charge is -2.06. The van der Waals surface area contributed by atoms with Gasteiger partial charge in [0.25, 0.3) is 0 Å². The summed E-state index contributed by atoms with van der Waals surface area (Å²) < 4.78 is 41.4. The van der Waals surface area contributed by atoms with E-state index in [1.54, 1.807) is 28.9 Å². The summed E-state index contributed by atoms with van der Waals surface area (Å²) in [4.78, 5) is 16.0. The van der Waals surface area contributed by atoms with Gasteiger partial charge in [0.2, 0.25) is 5.91 Å². The Hall–Kier alpha value is -2.54. The highest BCUT2D eigenvalue weighted by Gasteiger charge is 2.43. The molecule has 0 saturated heterocycles. The summed E-state index contributed by atoms with van der Waals surface area (Å²) in [6, 6.07) is 5.70. The van der Waals surface area contributed by atoms with Crippen molar-refractivity contribution in [2.75, 3.05) is 5.32 Å². The van der Waals surface area contributed by atoms with Crippen LogP contribution in [0.15, 0.2) is 36.7 Å². The molecule has 1 amide bonds. The third-order valence-corrected chi connectivity index (χ3v) is 4.47. The number of carbonyl (C=O) groups excluding carboxylic acids is 1. The maximum absolute atomic E-state index is 13.6. The van der Waals surface area contributed by atoms with Crippen molar-refractivity contribution in [2.45, 2.75) is 12.6 Å². The van der Waals surface area contributed by atoms with Crippen LogP contribution in [0.5, 0.6) is 0 Å². The Morgan fingerprint density at radius 1 is 1.24 bits per heavy atom. The van der Waals surface area contributed by atoms with E-state index in [9.17, 15) is 18.0 Å². The molecule has 3 aromatic rings. The number of imidazole rings is 1. The molecular formula is C17H11ClF3N3O. The number of fused-ring (bicyclic) bond motifs is 1. The van der Waals surface area contributed by atoms with Crippen molar-refractivity contribution < 1.29 is 18.0 Å². The van der Waals surface area contributed by atoms with Gasteiger partial charge in [-0.15, -0.1) is 0 Å². The summed E-state index contributed by atoms with van der Waals surface area (Å²) in [6.07, 6.45) is 2.34. The molecule has 25 heavy (non-hydrogen) atoms. The molecule has 2 unspecified atom stereocenters. The molecule has 0 aliphatic heterocycles. The number of hydrogen-bond donors (Lipinski definition) is 1. The van der Waals surface area contributed by atoms with Gasteiger partial charge in [-0.2, -0.15) is 0 Å². The molecule has 0 bridgehead atoms. The molecule has 1 N–H and O–H groups in total. The standard InChI is InChI=1S/C17H11ClF3N3O/c18-15-9(2-3-11(19)16(15)21)8-1-4-14-22-13(7-24(14)6-8)23-17(25)10-5-12(10)20/h1-4,6-7,10,12H,5H2,(H,23,25). The number of carbonyl (C=O) groups is 1. The molecular weight excluding hydrogens is 355 g/mol. The number of aromatic nitrogens is 2. The number of alkyl halides is 1. The predicted octanol–water partition coefficient (Wildman–Crippen LogP) is 4.23. The summed E-state index contributed by atoms with van der Waals surface area (Å²) in [6.45, 7) is 0. The van der Waals surface area contributed by atoms with Crippen molar-refractivity contribution in [3.8, 4) is 11.1 Å². The van der Waals surface area contributed by atoms with Gasteiger partial charge in [-0.25, -0.2) is 18.2 Å². The minimum Gasteiger partial charge on any atom is -0.309 e. The molecule has 4 nitrogen and oxygen atoms in total. The van der Waals surface area contributed by atoms with E-state index in [0.29, 0.717) is 16.8 Å². The predicted molar refractivity (Wildman–Crippen MR) is 87.2 cm³/mol. The quantitative estimate of drug-likeness (QED) is 0.706. The number of benzene rings is 1. The molecule has 0 radical (unpaired) electrons. The molecule has 2 aromatic heterocycles. The lowest BCUT2D eigenvalue weighted by Crippen LogP contribution is -2.15. The minimum atomic E-state index is -1.11. The number of halogens is 4. The third-order valence-electron chi connectivity index (χ3n) is 4.10. The first-order chi connectivity index (χ1) is 11.9. The van der Waals surface area contributed by atoms with Gasteiger partial charge >= 0.3 is 0 Å². The Morgan fingerprint density at radius 3 is 2.72 bits per heavy atom. The SMILES string of the molecule is O=C(Nc1cn2cc(-c3ccc(F)c(F)c3Cl)ccc2n1)C1CC1F. The molecule has 2 heterocycles. The molecule has 2 atom stereocenters. The second-order valence-electron chi connectivity index (χ2n) is 5.88. The second-order valence-corrected chi connectivity index (χ2v) is 6.26. The lowest BCUT2D eigenvalue weighted by molar-refractivity contribution is -0.117. The normalized spacial score (nSPS) is 19.2. The van der Waals surface area contributed by atoms with Gasteiger partial charge in [0, 0.05) is 17.3 Å². The molecule has 0 spiro atoms. The van der Waals surface area contributed by atoms with E-state index >= 15 is 0 Å². The van der Waals surface area contributed by atoms with Crippen LogP contribution in [0.1, 0.15) is 6.42 Å². The first-order valence-electron chi connectivity index (χ1n) is 7.51. The number of pyridine rings is 1. The summed E-state index contributed by atoms with van der Waals surface area (Å²) in [7, 11) is 0. The maximum Gasteiger partial charge on any atom is 0.231 e. The minimum absolute atomic E-state index is 0.234. The number of nitrogens with zero attached hydrogens (tertiary/aromatic N) is 2. The molecule has 1 aromatic carbocycles. The van der Waals surface area contributed by atoms with Gasteiger partial charge in [-0.3, -0.25) is 4.79 Å². The van der Waals surface area contributed by atoms with E-state index in [1.807, 2.05) is 0 Å². The molecule has 8 heteroatoms. The van der Waals surface area contributed by atoms with E-state index in [-0.39, 0.29) is 17.3 Å². The van der Waals surface area contributed by atoms with E-state index in [2.05, 4.69) is 10.3 Å². The van der Waals surface area contributed by atoms with Crippen molar-refractivity contribution in [3.63, 3.8) is 0 Å². The highest BCUT2D eigenvalue weighted by molar-refractivity contribution is 6.33. The second kappa shape index (κ2) is 5.77. The first kappa shape index (κ1) is 16.0. The molecule has 128 valence electrons. The van der Waals surface area contributed by atoms with Crippen LogP contribution in [0.3, 0.4) is 0 Å². The molecule has 1 aliphatic carbocycles. The Balaban J connectivity index is 1.66. The van der Waals surface area contributed by atoms with Crippen LogP contribution in [0.2, 0.25) is 5.02 Å². The zero-order valence-corrected chi connectivity index (χ0v) is 13.4. The number of rotatable bonds is 3. The van der Waals surface area contributed by atoms with E-state index in [0.717, 1.165) is 6.07 Å². The largest absolute Gasteiger partial charge is 0.309 e. The van der Waals surface area contributed by atoms with Crippen LogP contribution in [0, 0.1) is 17.6 Å². The molecule has 4 rings (SSSR count). The summed E-state index contributed by atoms with van der Waals surface area (Å²) in [5.74, 6) is -2.85. The Morgan fingerprint density at radius 2 is 2.00 bits per heavy atom. The van der Waals surface area contributed by atoms with Crippen molar-refractivity contribution in [1.82, 2.24) is 9.38 Å². The van der Waals surface area contributed by atoms with Crippen LogP contribution in [0.25, 0.3) is 16.8 Å². The van der Waals surface area contributed by atoms with Gasteiger partial charge in [0.1, 0.15) is 11.8 Å². The fraction of sp³-hybridized carbons (Fsp3) is 0.176. The highest BCUT2D eigenvalue weighted by Crippen LogP contribution is 2.35. The Kier molecular flexibility index (Phi) is 3.68. The fourth-order valence-electron chi connectivity index (χ4n) is 2.61. The lowest BCUT2D eigenvalue weighted by atomic mass is 10.1. The van der Waals surface area contributed by atoms with E-state index < -0.39 is 29.6 Å². The number of hydrogen-bond acceptors (Lipinski definition) is 2. The van der Waals surface area contributed by atoms with Crippen LogP contribution in [0.4, 0.5) is 19.0 Å². The average molecular weight is 366 g/mol. The van der Waals surface area contributed by atoms with Gasteiger partial charge in [0.05, 0.1) is 17.1 Å². The Labute approximate surface area is 145 Å². The summed E-state index contributed by atoms with van der Waals surface area (Å²) in [5.41, 5.74) is 1.42. The third kappa shape index (κ3) is 2.84. The van der Waals surface area contributed by atoms with Crippen LogP contribution in [-0.2, 0) is 4.79 Å². The topological polar surface area (TPSA) is 46.4 Å². The maximum atomic E-state index is 13.6. The number of amides is 1. The van der Waals surface area contributed by atoms with Crippen LogP contribution < -0.4 is 5.32 Å². The zero-order valence-electron chi connectivity index (χ0n) is 12.6. The van der Waals surface area contributed by atoms with E-state index in [4.69, 9.17) is 11.6 Å². The van der Waals surface area contributed by atoms with Gasteiger partial charge in [-0.1, -0.05) is 11.6 Å². The Bertz CT molecular complexity index is 1000. The average Bonchev–Trinajstić information content (AvgIpc) is 3.18. The zero-order chi connectivity index (χ0) is 17.7. The summed E-state index contributed by atoms with van der Waals surface area (Å²) in [5, 5.41) is 2.25.